The maximum Gasteiger partial charge on any atom is 0.356 e. The van der Waals surface area contributed by atoms with Crippen molar-refractivity contribution in [2.45, 2.75) is 13.0 Å². The van der Waals surface area contributed by atoms with Crippen molar-refractivity contribution < 1.29 is 18.7 Å². The highest BCUT2D eigenvalue weighted by Crippen LogP contribution is 2.20. The number of ether oxygens (including phenoxy) is 1. The summed E-state index contributed by atoms with van der Waals surface area (Å²) in [5.74, 6) is -1.38. The van der Waals surface area contributed by atoms with Gasteiger partial charge in [-0.1, -0.05) is 12.1 Å². The third-order valence-corrected chi connectivity index (χ3v) is 2.84. The first-order valence-electron chi connectivity index (χ1n) is 5.65. The van der Waals surface area contributed by atoms with Crippen molar-refractivity contribution in [1.82, 2.24) is 10.6 Å². The molecule has 1 aliphatic rings. The van der Waals surface area contributed by atoms with Gasteiger partial charge in [-0.15, -0.1) is 0 Å². The second kappa shape index (κ2) is 5.09. The Morgan fingerprint density at radius 1 is 1.32 bits per heavy atom. The minimum atomic E-state index is -0.658. The molecule has 1 heterocycles. The predicted octanol–water partition coefficient (Wildman–Crippen LogP) is 0.991. The van der Waals surface area contributed by atoms with Crippen LogP contribution >= 0.6 is 0 Å². The number of halogens is 1. The van der Waals surface area contributed by atoms with Crippen LogP contribution in [0.25, 0.3) is 0 Å². The van der Waals surface area contributed by atoms with Gasteiger partial charge in [0.1, 0.15) is 17.6 Å². The zero-order valence-corrected chi connectivity index (χ0v) is 10.5. The average Bonchev–Trinajstić information content (AvgIpc) is 2.41. The van der Waals surface area contributed by atoms with Gasteiger partial charge in [0, 0.05) is 5.70 Å². The van der Waals surface area contributed by atoms with Gasteiger partial charge in [0.05, 0.1) is 7.11 Å². The molecule has 1 aliphatic heterocycles. The van der Waals surface area contributed by atoms with Gasteiger partial charge >= 0.3 is 5.97 Å². The molecule has 1 unspecified atom stereocenters. The molecular weight excluding hydrogens is 251 g/mol. The molecular formula is C13H13FN2O3. The number of amides is 1. The third kappa shape index (κ3) is 2.57. The fourth-order valence-corrected chi connectivity index (χ4v) is 1.84. The van der Waals surface area contributed by atoms with E-state index in [2.05, 4.69) is 15.4 Å². The fourth-order valence-electron chi connectivity index (χ4n) is 1.84. The first-order chi connectivity index (χ1) is 9.02. The lowest BCUT2D eigenvalue weighted by molar-refractivity contribution is -0.138. The molecule has 0 radical (unpaired) electrons. The predicted molar refractivity (Wildman–Crippen MR) is 65.1 cm³/mol. The van der Waals surface area contributed by atoms with E-state index in [1.165, 1.54) is 31.4 Å². The largest absolute Gasteiger partial charge is 0.464 e. The molecule has 0 fully saturated rings. The molecule has 0 aromatic heterocycles. The molecule has 1 aromatic carbocycles. The molecule has 0 aliphatic carbocycles. The highest BCUT2D eigenvalue weighted by molar-refractivity contribution is 5.97. The van der Waals surface area contributed by atoms with Crippen molar-refractivity contribution in [3.63, 3.8) is 0 Å². The smallest absolute Gasteiger partial charge is 0.356 e. The second-order valence-corrected chi connectivity index (χ2v) is 4.11. The van der Waals surface area contributed by atoms with Crippen molar-refractivity contribution in [1.29, 1.82) is 0 Å². The van der Waals surface area contributed by atoms with Crippen LogP contribution in [0.15, 0.2) is 35.7 Å². The molecule has 0 bridgehead atoms. The van der Waals surface area contributed by atoms with E-state index in [9.17, 15) is 14.0 Å². The summed E-state index contributed by atoms with van der Waals surface area (Å²) in [5, 5.41) is 5.40. The zero-order valence-electron chi connectivity index (χ0n) is 10.5. The highest BCUT2D eigenvalue weighted by Gasteiger charge is 2.30. The summed E-state index contributed by atoms with van der Waals surface area (Å²) >= 11 is 0. The summed E-state index contributed by atoms with van der Waals surface area (Å²) in [6, 6.07) is 4.93. The Morgan fingerprint density at radius 2 is 1.95 bits per heavy atom. The summed E-state index contributed by atoms with van der Waals surface area (Å²) in [6.07, 6.45) is 0. The van der Waals surface area contributed by atoms with Gasteiger partial charge in [-0.05, 0) is 24.6 Å². The van der Waals surface area contributed by atoms with Crippen LogP contribution in [0.3, 0.4) is 0 Å². The van der Waals surface area contributed by atoms with E-state index in [1.807, 2.05) is 0 Å². The molecule has 5 nitrogen and oxygen atoms in total. The summed E-state index contributed by atoms with van der Waals surface area (Å²) in [5.41, 5.74) is 1.20. The Kier molecular flexibility index (Phi) is 3.50. The van der Waals surface area contributed by atoms with Crippen molar-refractivity contribution in [2.75, 3.05) is 7.11 Å². The number of methoxy groups -OCH3 is 1. The van der Waals surface area contributed by atoms with Crippen molar-refractivity contribution in [3.05, 3.63) is 47.0 Å². The van der Waals surface area contributed by atoms with Crippen LogP contribution in [0, 0.1) is 5.82 Å². The van der Waals surface area contributed by atoms with E-state index in [0.717, 1.165) is 0 Å². The lowest BCUT2D eigenvalue weighted by atomic mass is 10.0. The van der Waals surface area contributed by atoms with Crippen LogP contribution in [0.1, 0.15) is 18.5 Å². The first-order valence-corrected chi connectivity index (χ1v) is 5.65. The monoisotopic (exact) mass is 264 g/mol. The first kappa shape index (κ1) is 13.1. The number of hydrogen-bond acceptors (Lipinski definition) is 4. The van der Waals surface area contributed by atoms with Crippen LogP contribution in [-0.4, -0.2) is 19.0 Å². The van der Waals surface area contributed by atoms with E-state index >= 15 is 0 Å². The van der Waals surface area contributed by atoms with Crippen LogP contribution in [0.2, 0.25) is 0 Å². The number of carbonyl (C=O) groups excluding carboxylic acids is 2. The molecule has 6 heteroatoms. The van der Waals surface area contributed by atoms with Gasteiger partial charge in [0.2, 0.25) is 0 Å². The number of nitrogens with one attached hydrogen (secondary N) is 2. The molecule has 2 rings (SSSR count). The Labute approximate surface area is 109 Å². The van der Waals surface area contributed by atoms with E-state index in [0.29, 0.717) is 11.3 Å². The lowest BCUT2D eigenvalue weighted by Gasteiger charge is -2.27. The number of allylic oxidation sites excluding steroid dienone is 1. The summed E-state index contributed by atoms with van der Waals surface area (Å²) in [7, 11) is 1.24. The lowest BCUT2D eigenvalue weighted by Crippen LogP contribution is -2.45. The Hall–Kier alpha value is -2.37. The Morgan fingerprint density at radius 3 is 2.53 bits per heavy atom. The molecule has 0 saturated carbocycles. The van der Waals surface area contributed by atoms with Gasteiger partial charge in [-0.3, -0.25) is 4.79 Å². The third-order valence-electron chi connectivity index (χ3n) is 2.84. The minimum absolute atomic E-state index is 0.0888. The Balaban J connectivity index is 2.28. The summed E-state index contributed by atoms with van der Waals surface area (Å²) in [4.78, 5) is 23.4. The molecule has 19 heavy (non-hydrogen) atoms. The number of carbonyl (C=O) groups is 2. The molecule has 1 aromatic rings. The maximum absolute atomic E-state index is 12.8. The number of hydrogen-bond donors (Lipinski definition) is 2. The van der Waals surface area contributed by atoms with Crippen LogP contribution in [-0.2, 0) is 14.3 Å². The quantitative estimate of drug-likeness (QED) is 0.782. The second-order valence-electron chi connectivity index (χ2n) is 4.11. The van der Waals surface area contributed by atoms with Crippen LogP contribution < -0.4 is 10.6 Å². The molecule has 0 spiro atoms. The van der Waals surface area contributed by atoms with E-state index in [-0.39, 0.29) is 11.5 Å². The van der Waals surface area contributed by atoms with E-state index in [4.69, 9.17) is 0 Å². The standard InChI is InChI=1S/C13H13FN2O3/c1-7-10(13(18)19-2)16-12(17)11(15-7)8-3-5-9(14)6-4-8/h3-6,11,15H,1-2H3,(H,16,17). The van der Waals surface area contributed by atoms with Crippen molar-refractivity contribution in [2.24, 2.45) is 0 Å². The average molecular weight is 264 g/mol. The van der Waals surface area contributed by atoms with Gasteiger partial charge in [0.25, 0.3) is 5.91 Å². The summed E-state index contributed by atoms with van der Waals surface area (Å²) in [6.45, 7) is 1.65. The van der Waals surface area contributed by atoms with Gasteiger partial charge in [-0.25, -0.2) is 9.18 Å². The minimum Gasteiger partial charge on any atom is -0.464 e. The van der Waals surface area contributed by atoms with Crippen LogP contribution in [0.5, 0.6) is 0 Å². The number of benzene rings is 1. The maximum atomic E-state index is 12.8. The fraction of sp³-hybridized carbons (Fsp3) is 0.231. The van der Waals surface area contributed by atoms with Crippen LogP contribution in [0.4, 0.5) is 4.39 Å². The normalized spacial score (nSPS) is 18.7. The van der Waals surface area contributed by atoms with Crippen molar-refractivity contribution in [3.8, 4) is 0 Å². The number of rotatable bonds is 2. The zero-order chi connectivity index (χ0) is 14.0. The summed E-state index contributed by atoms with van der Waals surface area (Å²) < 4.78 is 17.4. The van der Waals surface area contributed by atoms with E-state index < -0.39 is 17.9 Å². The highest BCUT2D eigenvalue weighted by atomic mass is 19.1. The van der Waals surface area contributed by atoms with Crippen molar-refractivity contribution >= 4 is 11.9 Å². The molecule has 0 saturated heterocycles. The SMILES string of the molecule is COC(=O)C1=C(C)NC(c2ccc(F)cc2)C(=O)N1. The molecule has 100 valence electrons. The van der Waals surface area contributed by atoms with Gasteiger partial charge in [0.15, 0.2) is 0 Å². The molecule has 1 amide bonds. The van der Waals surface area contributed by atoms with Gasteiger partial charge in [-0.2, -0.15) is 0 Å². The Bertz CT molecular complexity index is 552. The molecule has 1 atom stereocenters. The van der Waals surface area contributed by atoms with E-state index in [1.54, 1.807) is 6.92 Å². The van der Waals surface area contributed by atoms with Gasteiger partial charge < -0.3 is 15.4 Å². The number of esters is 1. The topological polar surface area (TPSA) is 67.4 Å². The molecule has 2 N–H and O–H groups in total.